The van der Waals surface area contributed by atoms with Crippen LogP contribution in [0.1, 0.15) is 13.8 Å². The number of rotatable bonds is 2. The first-order valence-corrected chi connectivity index (χ1v) is 5.90. The third kappa shape index (κ3) is 2.30. The van der Waals surface area contributed by atoms with E-state index in [0.29, 0.717) is 12.4 Å². The van der Waals surface area contributed by atoms with Crippen LogP contribution in [0, 0.1) is 5.92 Å². The highest BCUT2D eigenvalue weighted by Gasteiger charge is 2.38. The molecule has 2 heterocycles. The number of carbonyl (C=O) groups is 1. The summed E-state index contributed by atoms with van der Waals surface area (Å²) in [7, 11) is 0. The molecule has 0 radical (unpaired) electrons. The molecule has 0 bridgehead atoms. The molecule has 17 heavy (non-hydrogen) atoms. The van der Waals surface area contributed by atoms with Crippen LogP contribution in [0.3, 0.4) is 0 Å². The van der Waals surface area contributed by atoms with Gasteiger partial charge in [0.15, 0.2) is 5.82 Å². The monoisotopic (exact) mass is 275 g/mol. The van der Waals surface area contributed by atoms with E-state index < -0.39 is 6.09 Å². The summed E-state index contributed by atoms with van der Waals surface area (Å²) >= 11 is 11.7. The highest BCUT2D eigenvalue weighted by molar-refractivity contribution is 6.34. The Morgan fingerprint density at radius 2 is 2.24 bits per heavy atom. The number of amides is 1. The lowest BCUT2D eigenvalue weighted by atomic mass is 10.0. The van der Waals surface area contributed by atoms with Gasteiger partial charge in [0.05, 0.1) is 12.2 Å². The van der Waals surface area contributed by atoms with Crippen molar-refractivity contribution in [2.75, 3.05) is 11.5 Å². The second kappa shape index (κ2) is 4.66. The lowest BCUT2D eigenvalue weighted by Crippen LogP contribution is -2.38. The van der Waals surface area contributed by atoms with E-state index in [-0.39, 0.29) is 22.3 Å². The Morgan fingerprint density at radius 1 is 1.53 bits per heavy atom. The molecule has 1 aromatic heterocycles. The topological polar surface area (TPSA) is 55.3 Å². The van der Waals surface area contributed by atoms with Gasteiger partial charge in [-0.15, -0.1) is 0 Å². The zero-order chi connectivity index (χ0) is 12.6. The van der Waals surface area contributed by atoms with Crippen LogP contribution in [0.4, 0.5) is 10.6 Å². The van der Waals surface area contributed by atoms with E-state index in [2.05, 4.69) is 9.97 Å². The standard InChI is InChI=1S/C10H11Cl2N3O2/c1-5(2)7-4-17-10(16)15(7)8-6(11)3-13-9(12)14-8/h3,5,7H,4H2,1-2H3/t7-/m1/s1. The summed E-state index contributed by atoms with van der Waals surface area (Å²) in [6.07, 6.45) is 0.912. The highest BCUT2D eigenvalue weighted by Crippen LogP contribution is 2.31. The van der Waals surface area contributed by atoms with Crippen molar-refractivity contribution in [2.45, 2.75) is 19.9 Å². The van der Waals surface area contributed by atoms with Crippen LogP contribution in [0.15, 0.2) is 6.20 Å². The van der Waals surface area contributed by atoms with Crippen molar-refractivity contribution in [3.63, 3.8) is 0 Å². The molecule has 1 aliphatic heterocycles. The second-order valence-electron chi connectivity index (χ2n) is 4.07. The Labute approximate surface area is 109 Å². The molecule has 0 aromatic carbocycles. The Morgan fingerprint density at radius 3 is 2.88 bits per heavy atom. The van der Waals surface area contributed by atoms with Crippen LogP contribution in [0.5, 0.6) is 0 Å². The van der Waals surface area contributed by atoms with Crippen molar-refractivity contribution in [3.05, 3.63) is 16.5 Å². The van der Waals surface area contributed by atoms with E-state index in [0.717, 1.165) is 0 Å². The van der Waals surface area contributed by atoms with Gasteiger partial charge in [-0.3, -0.25) is 4.90 Å². The van der Waals surface area contributed by atoms with Crippen molar-refractivity contribution in [1.29, 1.82) is 0 Å². The van der Waals surface area contributed by atoms with Crippen molar-refractivity contribution >= 4 is 35.1 Å². The SMILES string of the molecule is CC(C)[C@H]1COC(=O)N1c1nc(Cl)ncc1Cl. The van der Waals surface area contributed by atoms with Gasteiger partial charge in [-0.1, -0.05) is 25.4 Å². The molecule has 7 heteroatoms. The number of carbonyl (C=O) groups excluding carboxylic acids is 1. The Kier molecular flexibility index (Phi) is 3.40. The van der Waals surface area contributed by atoms with Crippen LogP contribution in [-0.2, 0) is 4.74 Å². The van der Waals surface area contributed by atoms with Gasteiger partial charge < -0.3 is 4.74 Å². The number of halogens is 2. The molecule has 0 saturated carbocycles. The van der Waals surface area contributed by atoms with E-state index in [1.54, 1.807) is 0 Å². The highest BCUT2D eigenvalue weighted by atomic mass is 35.5. The van der Waals surface area contributed by atoms with E-state index in [1.807, 2.05) is 13.8 Å². The van der Waals surface area contributed by atoms with Crippen molar-refractivity contribution < 1.29 is 9.53 Å². The van der Waals surface area contributed by atoms with E-state index in [4.69, 9.17) is 27.9 Å². The zero-order valence-corrected chi connectivity index (χ0v) is 10.9. The van der Waals surface area contributed by atoms with Gasteiger partial charge in [-0.25, -0.2) is 9.78 Å². The fourth-order valence-corrected chi connectivity index (χ4v) is 1.99. The maximum absolute atomic E-state index is 11.7. The quantitative estimate of drug-likeness (QED) is 0.779. The van der Waals surface area contributed by atoms with Gasteiger partial charge in [0.25, 0.3) is 0 Å². The average molecular weight is 276 g/mol. The van der Waals surface area contributed by atoms with Gasteiger partial charge in [-0.05, 0) is 17.5 Å². The van der Waals surface area contributed by atoms with Crippen molar-refractivity contribution in [1.82, 2.24) is 9.97 Å². The van der Waals surface area contributed by atoms with E-state index >= 15 is 0 Å². The number of anilines is 1. The van der Waals surface area contributed by atoms with E-state index in [1.165, 1.54) is 11.1 Å². The molecule has 0 unspecified atom stereocenters. The van der Waals surface area contributed by atoms with Gasteiger partial charge in [0.1, 0.15) is 11.6 Å². The molecule has 1 aliphatic rings. The fourth-order valence-electron chi connectivity index (χ4n) is 1.68. The predicted octanol–water partition coefficient (Wildman–Crippen LogP) is 2.76. The molecule has 1 aromatic rings. The molecular weight excluding hydrogens is 265 g/mol. The number of nitrogens with zero attached hydrogens (tertiary/aromatic N) is 3. The first-order valence-electron chi connectivity index (χ1n) is 5.14. The molecular formula is C10H11Cl2N3O2. The normalized spacial score (nSPS) is 19.9. The molecule has 1 saturated heterocycles. The van der Waals surface area contributed by atoms with Gasteiger partial charge in [-0.2, -0.15) is 4.98 Å². The Balaban J connectivity index is 2.42. The summed E-state index contributed by atoms with van der Waals surface area (Å²) in [6.45, 7) is 4.32. The van der Waals surface area contributed by atoms with Gasteiger partial charge >= 0.3 is 6.09 Å². The molecule has 1 atom stereocenters. The maximum atomic E-state index is 11.7. The minimum Gasteiger partial charge on any atom is -0.447 e. The third-order valence-electron chi connectivity index (χ3n) is 2.60. The van der Waals surface area contributed by atoms with Gasteiger partial charge in [0, 0.05) is 0 Å². The number of cyclic esters (lactones) is 1. The summed E-state index contributed by atoms with van der Waals surface area (Å²) in [5.74, 6) is 0.527. The summed E-state index contributed by atoms with van der Waals surface area (Å²) in [4.78, 5) is 20.9. The fraction of sp³-hybridized carbons (Fsp3) is 0.500. The Bertz CT molecular complexity index is 453. The summed E-state index contributed by atoms with van der Waals surface area (Å²) in [5, 5.41) is 0.325. The summed E-state index contributed by atoms with van der Waals surface area (Å²) in [6, 6.07) is -0.0917. The van der Waals surface area contributed by atoms with Crippen LogP contribution in [0.2, 0.25) is 10.3 Å². The summed E-state index contributed by atoms with van der Waals surface area (Å²) < 4.78 is 5.01. The van der Waals surface area contributed by atoms with Crippen LogP contribution in [0.25, 0.3) is 0 Å². The number of ether oxygens (including phenoxy) is 1. The molecule has 0 aliphatic carbocycles. The lowest BCUT2D eigenvalue weighted by molar-refractivity contribution is 0.177. The largest absolute Gasteiger partial charge is 0.447 e. The molecule has 1 amide bonds. The number of hydrogen-bond acceptors (Lipinski definition) is 4. The van der Waals surface area contributed by atoms with E-state index in [9.17, 15) is 4.79 Å². The summed E-state index contributed by atoms with van der Waals surface area (Å²) in [5.41, 5.74) is 0. The second-order valence-corrected chi connectivity index (χ2v) is 4.81. The van der Waals surface area contributed by atoms with Crippen LogP contribution >= 0.6 is 23.2 Å². The number of hydrogen-bond donors (Lipinski definition) is 0. The van der Waals surface area contributed by atoms with Crippen LogP contribution in [-0.4, -0.2) is 28.7 Å². The molecule has 2 rings (SSSR count). The van der Waals surface area contributed by atoms with Crippen molar-refractivity contribution in [2.24, 2.45) is 5.92 Å². The lowest BCUT2D eigenvalue weighted by Gasteiger charge is -2.23. The molecule has 0 spiro atoms. The Hall–Kier alpha value is -1.07. The average Bonchev–Trinajstić information content (AvgIpc) is 2.64. The van der Waals surface area contributed by atoms with Gasteiger partial charge in [0.2, 0.25) is 5.28 Å². The zero-order valence-electron chi connectivity index (χ0n) is 9.35. The molecule has 5 nitrogen and oxygen atoms in total. The first-order chi connectivity index (χ1) is 8.00. The predicted molar refractivity (Wildman–Crippen MR) is 64.5 cm³/mol. The van der Waals surface area contributed by atoms with Crippen molar-refractivity contribution in [3.8, 4) is 0 Å². The molecule has 92 valence electrons. The number of aromatic nitrogens is 2. The smallest absolute Gasteiger partial charge is 0.415 e. The van der Waals surface area contributed by atoms with Crippen LogP contribution < -0.4 is 4.90 Å². The third-order valence-corrected chi connectivity index (χ3v) is 3.05. The maximum Gasteiger partial charge on any atom is 0.415 e. The molecule has 1 fully saturated rings. The minimum atomic E-state index is -0.458. The first kappa shape index (κ1) is 12.4. The molecule has 0 N–H and O–H groups in total. The minimum absolute atomic E-state index is 0.0478.